The van der Waals surface area contributed by atoms with Crippen molar-refractivity contribution in [2.45, 2.75) is 18.9 Å². The molecule has 1 unspecified atom stereocenters. The van der Waals surface area contributed by atoms with Crippen LogP contribution in [0.3, 0.4) is 0 Å². The maximum absolute atomic E-state index is 13.3. The van der Waals surface area contributed by atoms with E-state index in [0.29, 0.717) is 5.69 Å². The number of hydrogen-bond acceptors (Lipinski definition) is 2. The lowest BCUT2D eigenvalue weighted by molar-refractivity contribution is -0.139. The van der Waals surface area contributed by atoms with E-state index in [4.69, 9.17) is 5.11 Å². The first-order valence-electron chi connectivity index (χ1n) is 5.73. The molecule has 0 heterocycles. The van der Waals surface area contributed by atoms with E-state index in [-0.39, 0.29) is 9.49 Å². The van der Waals surface area contributed by atoms with Gasteiger partial charge in [-0.2, -0.15) is 0 Å². The van der Waals surface area contributed by atoms with Crippen molar-refractivity contribution >= 4 is 40.3 Å². The molecule has 1 atom stereocenters. The molecule has 0 bridgehead atoms. The van der Waals surface area contributed by atoms with Crippen LogP contribution in [0.25, 0.3) is 0 Å². The van der Waals surface area contributed by atoms with Crippen molar-refractivity contribution in [3.63, 3.8) is 0 Å². The second-order valence-electron chi connectivity index (χ2n) is 4.35. The molecule has 1 aromatic carbocycles. The van der Waals surface area contributed by atoms with Gasteiger partial charge in [0.05, 0.1) is 9.26 Å². The van der Waals surface area contributed by atoms with E-state index in [1.54, 1.807) is 28.7 Å². The zero-order valence-electron chi connectivity index (χ0n) is 9.82. The van der Waals surface area contributed by atoms with Gasteiger partial charge in [0.15, 0.2) is 0 Å². The largest absolute Gasteiger partial charge is 0.480 e. The van der Waals surface area contributed by atoms with Crippen molar-refractivity contribution in [2.75, 3.05) is 5.32 Å². The Morgan fingerprint density at radius 3 is 2.68 bits per heavy atom. The van der Waals surface area contributed by atoms with Crippen molar-refractivity contribution < 1.29 is 19.1 Å². The van der Waals surface area contributed by atoms with E-state index in [2.05, 4.69) is 10.6 Å². The minimum atomic E-state index is -1.05. The molecule has 0 aromatic heterocycles. The summed E-state index contributed by atoms with van der Waals surface area (Å²) < 4.78 is 13.6. The van der Waals surface area contributed by atoms with Gasteiger partial charge in [-0.3, -0.25) is 0 Å². The Labute approximate surface area is 122 Å². The number of amides is 2. The number of carbonyl (C=O) groups excluding carboxylic acids is 1. The van der Waals surface area contributed by atoms with E-state index >= 15 is 0 Å². The Morgan fingerprint density at radius 1 is 1.42 bits per heavy atom. The summed E-state index contributed by atoms with van der Waals surface area (Å²) in [7, 11) is 0. The predicted octanol–water partition coefficient (Wildman–Crippen LogP) is 2.42. The molecule has 0 aliphatic heterocycles. The molecule has 1 fully saturated rings. The summed E-state index contributed by atoms with van der Waals surface area (Å²) in [6.07, 6.45) is 1.60. The van der Waals surface area contributed by atoms with Gasteiger partial charge in [-0.15, -0.1) is 0 Å². The minimum absolute atomic E-state index is 0.00479. The molecule has 1 aliphatic carbocycles. The molecule has 1 saturated carbocycles. The number of rotatable bonds is 4. The van der Waals surface area contributed by atoms with Gasteiger partial charge >= 0.3 is 12.0 Å². The number of hydrogen-bond donors (Lipinski definition) is 3. The minimum Gasteiger partial charge on any atom is -0.480 e. The molecule has 7 heteroatoms. The van der Waals surface area contributed by atoms with Gasteiger partial charge in [-0.25, -0.2) is 14.0 Å². The van der Waals surface area contributed by atoms with Gasteiger partial charge in [0.1, 0.15) is 11.9 Å². The first-order chi connectivity index (χ1) is 8.99. The number of anilines is 1. The fourth-order valence-electron chi connectivity index (χ4n) is 1.71. The Bertz CT molecular complexity index is 520. The van der Waals surface area contributed by atoms with Crippen LogP contribution in [0, 0.1) is 15.3 Å². The Hall–Kier alpha value is -1.38. The van der Waals surface area contributed by atoms with Gasteiger partial charge in [0.2, 0.25) is 0 Å². The molecular formula is C12H12FIN2O3. The number of urea groups is 1. The van der Waals surface area contributed by atoms with Crippen LogP contribution < -0.4 is 10.6 Å². The van der Waals surface area contributed by atoms with Crippen molar-refractivity contribution in [2.24, 2.45) is 5.92 Å². The average molecular weight is 378 g/mol. The molecule has 0 saturated heterocycles. The van der Waals surface area contributed by atoms with Crippen LogP contribution >= 0.6 is 22.6 Å². The number of carboxylic acids is 1. The van der Waals surface area contributed by atoms with Gasteiger partial charge in [0.25, 0.3) is 0 Å². The van der Waals surface area contributed by atoms with E-state index < -0.39 is 23.9 Å². The Balaban J connectivity index is 2.00. The number of benzene rings is 1. The summed E-state index contributed by atoms with van der Waals surface area (Å²) in [4.78, 5) is 22.7. The SMILES string of the molecule is O=C(Nc1cccc(F)c1I)NC(C(=O)O)C1CC1. The zero-order valence-corrected chi connectivity index (χ0v) is 12.0. The van der Waals surface area contributed by atoms with Crippen LogP contribution in [0.1, 0.15) is 12.8 Å². The van der Waals surface area contributed by atoms with Crippen LogP contribution in [-0.4, -0.2) is 23.1 Å². The van der Waals surface area contributed by atoms with Crippen LogP contribution in [0.4, 0.5) is 14.9 Å². The third kappa shape index (κ3) is 3.55. The summed E-state index contributed by atoms with van der Waals surface area (Å²) in [5.74, 6) is -1.49. The highest BCUT2D eigenvalue weighted by atomic mass is 127. The maximum atomic E-state index is 13.3. The second kappa shape index (κ2) is 5.72. The lowest BCUT2D eigenvalue weighted by Gasteiger charge is -2.15. The molecule has 2 amide bonds. The predicted molar refractivity (Wildman–Crippen MR) is 75.4 cm³/mol. The molecule has 3 N–H and O–H groups in total. The highest BCUT2D eigenvalue weighted by molar-refractivity contribution is 14.1. The quantitative estimate of drug-likeness (QED) is 0.705. The molecule has 5 nitrogen and oxygen atoms in total. The summed E-state index contributed by atoms with van der Waals surface area (Å²) in [6.45, 7) is 0. The van der Waals surface area contributed by atoms with E-state index in [9.17, 15) is 14.0 Å². The average Bonchev–Trinajstić information content (AvgIpc) is 3.16. The van der Waals surface area contributed by atoms with Crippen molar-refractivity contribution in [1.29, 1.82) is 0 Å². The normalized spacial score (nSPS) is 15.7. The second-order valence-corrected chi connectivity index (χ2v) is 5.43. The van der Waals surface area contributed by atoms with E-state index in [1.807, 2.05) is 0 Å². The lowest BCUT2D eigenvalue weighted by atomic mass is 10.2. The number of halogens is 2. The van der Waals surface area contributed by atoms with Crippen LogP contribution in [-0.2, 0) is 4.79 Å². The van der Waals surface area contributed by atoms with Gasteiger partial charge in [-0.1, -0.05) is 6.07 Å². The Kier molecular flexibility index (Phi) is 4.23. The van der Waals surface area contributed by atoms with Crippen LogP contribution in [0.15, 0.2) is 18.2 Å². The topological polar surface area (TPSA) is 78.4 Å². The summed E-state index contributed by atoms with van der Waals surface area (Å²) in [5.41, 5.74) is 0.318. The summed E-state index contributed by atoms with van der Waals surface area (Å²) in [5, 5.41) is 13.8. The van der Waals surface area contributed by atoms with Gasteiger partial charge in [-0.05, 0) is 53.5 Å². The first kappa shape index (κ1) is 14.0. The molecule has 0 radical (unpaired) electrons. The van der Waals surface area contributed by atoms with Crippen molar-refractivity contribution in [3.8, 4) is 0 Å². The number of carboxylic acid groups (broad SMARTS) is 1. The standard InChI is InChI=1S/C12H12FIN2O3/c13-7-2-1-3-8(9(7)14)15-12(19)16-10(11(17)18)6-4-5-6/h1-3,6,10H,4-5H2,(H,17,18)(H2,15,16,19). The lowest BCUT2D eigenvalue weighted by Crippen LogP contribution is -2.44. The molecule has 102 valence electrons. The van der Waals surface area contributed by atoms with E-state index in [1.165, 1.54) is 12.1 Å². The number of carbonyl (C=O) groups is 2. The van der Waals surface area contributed by atoms with Gasteiger partial charge < -0.3 is 15.7 Å². The highest BCUT2D eigenvalue weighted by Crippen LogP contribution is 2.32. The molecule has 0 spiro atoms. The smallest absolute Gasteiger partial charge is 0.326 e. The Morgan fingerprint density at radius 2 is 2.11 bits per heavy atom. The van der Waals surface area contributed by atoms with E-state index in [0.717, 1.165) is 12.8 Å². The molecule has 1 aliphatic rings. The number of aliphatic carboxylic acids is 1. The molecule has 2 rings (SSSR count). The zero-order chi connectivity index (χ0) is 14.0. The maximum Gasteiger partial charge on any atom is 0.326 e. The molecule has 19 heavy (non-hydrogen) atoms. The summed E-state index contributed by atoms with van der Waals surface area (Å²) >= 11 is 1.78. The van der Waals surface area contributed by atoms with Gasteiger partial charge in [0, 0.05) is 0 Å². The van der Waals surface area contributed by atoms with Crippen molar-refractivity contribution in [3.05, 3.63) is 27.6 Å². The third-order valence-electron chi connectivity index (χ3n) is 2.85. The molecule has 1 aromatic rings. The summed E-state index contributed by atoms with van der Waals surface area (Å²) in [6, 6.07) is 2.80. The number of nitrogens with one attached hydrogen (secondary N) is 2. The fourth-order valence-corrected chi connectivity index (χ4v) is 2.21. The molecular weight excluding hydrogens is 366 g/mol. The van der Waals surface area contributed by atoms with Crippen LogP contribution in [0.2, 0.25) is 0 Å². The first-order valence-corrected chi connectivity index (χ1v) is 6.81. The highest BCUT2D eigenvalue weighted by Gasteiger charge is 2.37. The fraction of sp³-hybridized carbons (Fsp3) is 0.333. The third-order valence-corrected chi connectivity index (χ3v) is 3.94. The monoisotopic (exact) mass is 378 g/mol. The van der Waals surface area contributed by atoms with Crippen molar-refractivity contribution in [1.82, 2.24) is 5.32 Å². The van der Waals surface area contributed by atoms with Crippen LogP contribution in [0.5, 0.6) is 0 Å².